The quantitative estimate of drug-likeness (QED) is 0.701. The summed E-state index contributed by atoms with van der Waals surface area (Å²) in [6.45, 7) is 3.97. The second kappa shape index (κ2) is 3.92. The molecule has 0 amide bonds. The summed E-state index contributed by atoms with van der Waals surface area (Å²) in [7, 11) is 0. The van der Waals surface area contributed by atoms with Gasteiger partial charge in [-0.2, -0.15) is 0 Å². The van der Waals surface area contributed by atoms with Crippen LogP contribution in [0.2, 0.25) is 0 Å². The van der Waals surface area contributed by atoms with Gasteiger partial charge in [0.05, 0.1) is 12.0 Å². The molecule has 0 saturated heterocycles. The minimum absolute atomic E-state index is 0.256. The Morgan fingerprint density at radius 3 is 2.25 bits per heavy atom. The van der Waals surface area contributed by atoms with Gasteiger partial charge in [0.1, 0.15) is 0 Å². The minimum Gasteiger partial charge on any atom is -0.387 e. The number of hydrogen-bond donors (Lipinski definition) is 1. The zero-order valence-electron chi connectivity index (χ0n) is 7.34. The molecule has 1 aromatic rings. The third-order valence-corrected chi connectivity index (χ3v) is 2.31. The predicted octanol–water partition coefficient (Wildman–Crippen LogP) is 2.58. The van der Waals surface area contributed by atoms with Gasteiger partial charge in [-0.25, -0.2) is 0 Å². The van der Waals surface area contributed by atoms with Gasteiger partial charge in [0.15, 0.2) is 0 Å². The normalized spacial score (nSPS) is 13.0. The maximum atomic E-state index is 9.56. The molecule has 0 aliphatic carbocycles. The molecule has 0 aliphatic heterocycles. The highest BCUT2D eigenvalue weighted by atomic mass is 35.5. The highest BCUT2D eigenvalue weighted by molar-refractivity contribution is 6.18. The lowest BCUT2D eigenvalue weighted by molar-refractivity contribution is 0.201. The molecule has 0 bridgehead atoms. The molecule has 1 rings (SSSR count). The fraction of sp³-hybridized carbons (Fsp3) is 0.400. The molecule has 0 radical (unpaired) electrons. The number of aliphatic hydroxyl groups is 1. The van der Waals surface area contributed by atoms with Crippen molar-refractivity contribution in [2.75, 3.05) is 5.88 Å². The van der Waals surface area contributed by atoms with Crippen molar-refractivity contribution in [3.63, 3.8) is 0 Å². The number of halogens is 1. The van der Waals surface area contributed by atoms with Crippen molar-refractivity contribution in [1.82, 2.24) is 0 Å². The van der Waals surface area contributed by atoms with E-state index in [1.165, 1.54) is 0 Å². The van der Waals surface area contributed by atoms with Crippen LogP contribution in [0.15, 0.2) is 18.2 Å². The second-order valence-electron chi connectivity index (χ2n) is 2.98. The van der Waals surface area contributed by atoms with Crippen LogP contribution < -0.4 is 0 Å². The Morgan fingerprint density at radius 2 is 1.83 bits per heavy atom. The maximum Gasteiger partial charge on any atom is 0.0930 e. The lowest BCUT2D eigenvalue weighted by atomic mass is 9.99. The molecule has 0 saturated carbocycles. The summed E-state index contributed by atoms with van der Waals surface area (Å²) in [5.74, 6) is 0.256. The van der Waals surface area contributed by atoms with E-state index in [4.69, 9.17) is 11.6 Å². The number of alkyl halides is 1. The number of benzene rings is 1. The van der Waals surface area contributed by atoms with E-state index >= 15 is 0 Å². The molecular weight excluding hydrogens is 172 g/mol. The van der Waals surface area contributed by atoms with Crippen molar-refractivity contribution >= 4 is 11.6 Å². The summed E-state index contributed by atoms with van der Waals surface area (Å²) in [6, 6.07) is 5.95. The smallest absolute Gasteiger partial charge is 0.0930 e. The van der Waals surface area contributed by atoms with Crippen molar-refractivity contribution in [3.05, 3.63) is 34.9 Å². The summed E-state index contributed by atoms with van der Waals surface area (Å²) in [5.41, 5.74) is 3.17. The molecule has 0 heterocycles. The number of hydrogen-bond acceptors (Lipinski definition) is 1. The molecule has 0 unspecified atom stereocenters. The minimum atomic E-state index is -0.534. The molecule has 0 aromatic heterocycles. The fourth-order valence-corrected chi connectivity index (χ4v) is 1.58. The fourth-order valence-electron chi connectivity index (χ4n) is 1.43. The Bertz CT molecular complexity index is 250. The zero-order valence-corrected chi connectivity index (χ0v) is 8.10. The highest BCUT2D eigenvalue weighted by Gasteiger charge is 2.10. The first-order chi connectivity index (χ1) is 5.66. The van der Waals surface area contributed by atoms with Crippen molar-refractivity contribution in [2.24, 2.45) is 0 Å². The van der Waals surface area contributed by atoms with Gasteiger partial charge in [-0.1, -0.05) is 18.2 Å². The van der Waals surface area contributed by atoms with Gasteiger partial charge in [0, 0.05) is 0 Å². The molecule has 1 N–H and O–H groups in total. The molecule has 0 aliphatic rings. The molecular formula is C10H13ClO. The Morgan fingerprint density at radius 1 is 1.33 bits per heavy atom. The third-order valence-electron chi connectivity index (χ3n) is 2.02. The lowest BCUT2D eigenvalue weighted by Gasteiger charge is -2.13. The van der Waals surface area contributed by atoms with E-state index in [9.17, 15) is 5.11 Å². The van der Waals surface area contributed by atoms with Crippen LogP contribution in [0.25, 0.3) is 0 Å². The van der Waals surface area contributed by atoms with E-state index < -0.39 is 6.10 Å². The van der Waals surface area contributed by atoms with Crippen molar-refractivity contribution in [2.45, 2.75) is 20.0 Å². The van der Waals surface area contributed by atoms with Gasteiger partial charge < -0.3 is 5.11 Å². The van der Waals surface area contributed by atoms with Crippen LogP contribution in [-0.4, -0.2) is 11.0 Å². The molecule has 1 atom stereocenters. The largest absolute Gasteiger partial charge is 0.387 e. The van der Waals surface area contributed by atoms with Crippen molar-refractivity contribution in [1.29, 1.82) is 0 Å². The number of rotatable bonds is 2. The maximum absolute atomic E-state index is 9.56. The first kappa shape index (κ1) is 9.56. The summed E-state index contributed by atoms with van der Waals surface area (Å²) in [5, 5.41) is 9.56. The molecule has 0 spiro atoms. The molecule has 12 heavy (non-hydrogen) atoms. The molecule has 1 aromatic carbocycles. The molecule has 1 nitrogen and oxygen atoms in total. The van der Waals surface area contributed by atoms with Crippen LogP contribution in [0.1, 0.15) is 22.8 Å². The van der Waals surface area contributed by atoms with Crippen LogP contribution in [0.3, 0.4) is 0 Å². The average molecular weight is 185 g/mol. The Labute approximate surface area is 78.0 Å². The summed E-state index contributed by atoms with van der Waals surface area (Å²) >= 11 is 5.58. The van der Waals surface area contributed by atoms with Gasteiger partial charge >= 0.3 is 0 Å². The van der Waals surface area contributed by atoms with E-state index in [1.54, 1.807) is 0 Å². The van der Waals surface area contributed by atoms with Crippen LogP contribution in [-0.2, 0) is 0 Å². The molecule has 0 fully saturated rings. The number of aliphatic hydroxyl groups excluding tert-OH is 1. The van der Waals surface area contributed by atoms with Crippen LogP contribution >= 0.6 is 11.6 Å². The lowest BCUT2D eigenvalue weighted by Crippen LogP contribution is -2.03. The van der Waals surface area contributed by atoms with E-state index in [0.717, 1.165) is 16.7 Å². The summed E-state index contributed by atoms with van der Waals surface area (Å²) in [6.07, 6.45) is -0.534. The second-order valence-corrected chi connectivity index (χ2v) is 3.28. The van der Waals surface area contributed by atoms with Gasteiger partial charge in [-0.05, 0) is 30.5 Å². The van der Waals surface area contributed by atoms with Crippen LogP contribution in [0.4, 0.5) is 0 Å². The Kier molecular flexibility index (Phi) is 3.12. The highest BCUT2D eigenvalue weighted by Crippen LogP contribution is 2.22. The molecule has 2 heteroatoms. The van der Waals surface area contributed by atoms with Crippen molar-refractivity contribution < 1.29 is 5.11 Å². The van der Waals surface area contributed by atoms with Gasteiger partial charge in [0.2, 0.25) is 0 Å². The van der Waals surface area contributed by atoms with Gasteiger partial charge in [-0.3, -0.25) is 0 Å². The first-order valence-electron chi connectivity index (χ1n) is 3.97. The van der Waals surface area contributed by atoms with E-state index in [-0.39, 0.29) is 5.88 Å². The zero-order chi connectivity index (χ0) is 9.14. The van der Waals surface area contributed by atoms with Gasteiger partial charge in [0.25, 0.3) is 0 Å². The standard InChI is InChI=1S/C10H13ClO/c1-7-4-3-5-8(2)10(7)9(12)6-11/h3-5,9,12H,6H2,1-2H3/t9-/m0/s1. The predicted molar refractivity (Wildman–Crippen MR) is 51.6 cm³/mol. The number of aryl methyl sites for hydroxylation is 2. The van der Waals surface area contributed by atoms with Crippen LogP contribution in [0, 0.1) is 13.8 Å². The third kappa shape index (κ3) is 1.79. The average Bonchev–Trinajstić information content (AvgIpc) is 2.03. The Hall–Kier alpha value is -0.530. The van der Waals surface area contributed by atoms with E-state index in [1.807, 2.05) is 32.0 Å². The van der Waals surface area contributed by atoms with E-state index in [0.29, 0.717) is 0 Å². The van der Waals surface area contributed by atoms with Crippen molar-refractivity contribution in [3.8, 4) is 0 Å². The summed E-state index contributed by atoms with van der Waals surface area (Å²) < 4.78 is 0. The Balaban J connectivity index is 3.12. The topological polar surface area (TPSA) is 20.2 Å². The monoisotopic (exact) mass is 184 g/mol. The van der Waals surface area contributed by atoms with Crippen LogP contribution in [0.5, 0.6) is 0 Å². The van der Waals surface area contributed by atoms with Gasteiger partial charge in [-0.15, -0.1) is 11.6 Å². The molecule has 66 valence electrons. The summed E-state index contributed by atoms with van der Waals surface area (Å²) in [4.78, 5) is 0. The first-order valence-corrected chi connectivity index (χ1v) is 4.50. The van der Waals surface area contributed by atoms with E-state index in [2.05, 4.69) is 0 Å². The SMILES string of the molecule is Cc1cccc(C)c1[C@@H](O)CCl.